The first kappa shape index (κ1) is 21.2. The van der Waals surface area contributed by atoms with Crippen molar-refractivity contribution < 1.29 is 14.3 Å². The van der Waals surface area contributed by atoms with Crippen molar-refractivity contribution in [2.75, 3.05) is 0 Å². The van der Waals surface area contributed by atoms with Crippen LogP contribution in [0.1, 0.15) is 62.0 Å². The maximum Gasteiger partial charge on any atom is 0.308 e. The number of benzene rings is 1. The Morgan fingerprint density at radius 3 is 2.54 bits per heavy atom. The fourth-order valence-corrected chi connectivity index (χ4v) is 2.07. The Morgan fingerprint density at radius 1 is 1.23 bits per heavy atom. The predicted octanol–water partition coefficient (Wildman–Crippen LogP) is 5.30. The molecule has 1 aromatic carbocycles. The largest absolute Gasteiger partial charge is 0.427 e. The summed E-state index contributed by atoms with van der Waals surface area (Å²) in [7, 11) is 0. The van der Waals surface area contributed by atoms with Gasteiger partial charge in [0.25, 0.3) is 0 Å². The van der Waals surface area contributed by atoms with Gasteiger partial charge in [-0.3, -0.25) is 9.59 Å². The highest BCUT2D eigenvalue weighted by molar-refractivity contribution is 5.76. The second-order valence-corrected chi connectivity index (χ2v) is 5.94. The summed E-state index contributed by atoms with van der Waals surface area (Å²) in [6.45, 7) is 9.32. The molecule has 3 nitrogen and oxygen atoms in total. The second kappa shape index (κ2) is 10.9. The number of hydrogen-bond acceptors (Lipinski definition) is 3. The first-order valence-electron chi connectivity index (χ1n) is 8.75. The fourth-order valence-electron chi connectivity index (χ4n) is 2.07. The summed E-state index contributed by atoms with van der Waals surface area (Å²) in [4.78, 5) is 22.4. The molecule has 3 heteroatoms. The fraction of sp³-hybridized carbons (Fsp3) is 0.304. The summed E-state index contributed by atoms with van der Waals surface area (Å²) >= 11 is 0. The molecule has 1 rings (SSSR count). The van der Waals surface area contributed by atoms with Crippen molar-refractivity contribution in [3.63, 3.8) is 0 Å². The van der Waals surface area contributed by atoms with E-state index in [0.717, 1.165) is 41.4 Å². The zero-order valence-corrected chi connectivity index (χ0v) is 16.2. The van der Waals surface area contributed by atoms with Crippen molar-refractivity contribution in [2.45, 2.75) is 47.5 Å². The molecule has 0 unspecified atom stereocenters. The van der Waals surface area contributed by atoms with Crippen LogP contribution >= 0.6 is 0 Å². The van der Waals surface area contributed by atoms with Crippen LogP contribution in [0.4, 0.5) is 0 Å². The Hall–Kier alpha value is -2.86. The van der Waals surface area contributed by atoms with Gasteiger partial charge in [-0.25, -0.2) is 0 Å². The monoisotopic (exact) mass is 350 g/mol. The minimum absolute atomic E-state index is 0.356. The van der Waals surface area contributed by atoms with E-state index < -0.39 is 0 Å². The summed E-state index contributed by atoms with van der Waals surface area (Å²) in [5.41, 5.74) is 4.12. The molecule has 0 heterocycles. The average molecular weight is 350 g/mol. The molecule has 0 aliphatic carbocycles. The van der Waals surface area contributed by atoms with E-state index in [2.05, 4.69) is 11.8 Å². The van der Waals surface area contributed by atoms with E-state index in [1.807, 2.05) is 45.9 Å². The van der Waals surface area contributed by atoms with Crippen LogP contribution < -0.4 is 0 Å². The molecule has 0 N–H and O–H groups in total. The molecule has 0 fully saturated rings. The van der Waals surface area contributed by atoms with Gasteiger partial charge in [0.05, 0.1) is 0 Å². The van der Waals surface area contributed by atoms with Crippen molar-refractivity contribution in [1.29, 1.82) is 0 Å². The van der Waals surface area contributed by atoms with Crippen LogP contribution in [-0.2, 0) is 9.53 Å². The molecule has 0 bridgehead atoms. The topological polar surface area (TPSA) is 43.4 Å². The van der Waals surface area contributed by atoms with Gasteiger partial charge in [-0.15, -0.1) is 0 Å². The first-order valence-corrected chi connectivity index (χ1v) is 8.75. The molecule has 136 valence electrons. The molecule has 0 aliphatic rings. The second-order valence-electron chi connectivity index (χ2n) is 5.94. The molecule has 26 heavy (non-hydrogen) atoms. The molecule has 0 atom stereocenters. The first-order chi connectivity index (χ1) is 12.4. The van der Waals surface area contributed by atoms with Gasteiger partial charge in [0, 0.05) is 23.6 Å². The number of carbonyl (C=O) groups excluding carboxylic acids is 2. The van der Waals surface area contributed by atoms with E-state index in [9.17, 15) is 9.59 Å². The Kier molecular flexibility index (Phi) is 8.87. The van der Waals surface area contributed by atoms with Crippen LogP contribution in [0, 0.1) is 18.8 Å². The highest BCUT2D eigenvalue weighted by Crippen LogP contribution is 2.15. The van der Waals surface area contributed by atoms with Gasteiger partial charge in [0.1, 0.15) is 12.0 Å². The molecule has 0 spiro atoms. The van der Waals surface area contributed by atoms with Crippen molar-refractivity contribution in [1.82, 2.24) is 0 Å². The van der Waals surface area contributed by atoms with Crippen molar-refractivity contribution in [2.24, 2.45) is 0 Å². The number of aryl methyl sites for hydroxylation is 1. The van der Waals surface area contributed by atoms with Crippen LogP contribution in [0.25, 0.3) is 0 Å². The lowest BCUT2D eigenvalue weighted by Gasteiger charge is -2.07. The van der Waals surface area contributed by atoms with E-state index in [1.54, 1.807) is 18.2 Å². The van der Waals surface area contributed by atoms with Crippen LogP contribution in [0.2, 0.25) is 0 Å². The van der Waals surface area contributed by atoms with Crippen molar-refractivity contribution in [3.05, 3.63) is 70.0 Å². The zero-order valence-electron chi connectivity index (χ0n) is 16.2. The Bertz CT molecular complexity index is 812. The summed E-state index contributed by atoms with van der Waals surface area (Å²) in [6.07, 6.45) is 8.17. The lowest BCUT2D eigenvalue weighted by Crippen LogP contribution is -2.00. The summed E-state index contributed by atoms with van der Waals surface area (Å²) < 4.78 is 5.34. The normalized spacial score (nSPS) is 12.3. The molecule has 0 saturated heterocycles. The maximum atomic E-state index is 11.4. The van der Waals surface area contributed by atoms with E-state index in [-0.39, 0.29) is 5.97 Å². The number of allylic oxidation sites excluding steroid dienone is 5. The summed E-state index contributed by atoms with van der Waals surface area (Å²) in [5, 5.41) is 0. The van der Waals surface area contributed by atoms with Gasteiger partial charge >= 0.3 is 5.97 Å². The van der Waals surface area contributed by atoms with Crippen LogP contribution in [0.3, 0.4) is 0 Å². The number of rotatable bonds is 6. The molecular weight excluding hydrogens is 324 g/mol. The number of ether oxygens (including phenoxy) is 1. The van der Waals surface area contributed by atoms with Gasteiger partial charge in [-0.2, -0.15) is 0 Å². The van der Waals surface area contributed by atoms with E-state index >= 15 is 0 Å². The van der Waals surface area contributed by atoms with Crippen molar-refractivity contribution >= 4 is 12.3 Å². The molecule has 0 amide bonds. The number of hydrogen-bond donors (Lipinski definition) is 0. The number of carbonyl (C=O) groups is 2. The SMILES string of the molecule is CC/C=C/C(C#Cc1cc(C=O)ccc1C)=C\C(OC(C)=O)=C(/C)CC. The highest BCUT2D eigenvalue weighted by Gasteiger charge is 2.04. The quantitative estimate of drug-likeness (QED) is 0.230. The lowest BCUT2D eigenvalue weighted by atomic mass is 10.0. The van der Waals surface area contributed by atoms with E-state index in [0.29, 0.717) is 11.3 Å². The Labute approximate surface area is 156 Å². The molecule has 1 aromatic rings. The minimum atomic E-state index is -0.356. The molecule has 0 aliphatic heterocycles. The number of aldehydes is 1. The average Bonchev–Trinajstić information content (AvgIpc) is 2.63. The van der Waals surface area contributed by atoms with E-state index in [4.69, 9.17) is 4.74 Å². The van der Waals surface area contributed by atoms with Crippen LogP contribution in [0.15, 0.2) is 53.3 Å². The van der Waals surface area contributed by atoms with Gasteiger partial charge in [-0.05, 0) is 50.0 Å². The summed E-state index contributed by atoms with van der Waals surface area (Å²) in [5.74, 6) is 6.42. The lowest BCUT2D eigenvalue weighted by molar-refractivity contribution is -0.136. The molecule has 0 radical (unpaired) electrons. The van der Waals surface area contributed by atoms with Crippen LogP contribution in [0.5, 0.6) is 0 Å². The molecule has 0 aromatic heterocycles. The zero-order chi connectivity index (χ0) is 19.5. The molecular formula is C23H26O3. The van der Waals surface area contributed by atoms with Gasteiger partial charge in [0.2, 0.25) is 0 Å². The van der Waals surface area contributed by atoms with Crippen molar-refractivity contribution in [3.8, 4) is 11.8 Å². The Balaban J connectivity index is 3.37. The summed E-state index contributed by atoms with van der Waals surface area (Å²) in [6, 6.07) is 5.43. The maximum absolute atomic E-state index is 11.4. The highest BCUT2D eigenvalue weighted by atomic mass is 16.5. The van der Waals surface area contributed by atoms with Crippen LogP contribution in [-0.4, -0.2) is 12.3 Å². The third kappa shape index (κ3) is 6.94. The third-order valence-electron chi connectivity index (χ3n) is 3.76. The van der Waals surface area contributed by atoms with E-state index in [1.165, 1.54) is 6.92 Å². The van der Waals surface area contributed by atoms with Gasteiger partial charge < -0.3 is 4.74 Å². The third-order valence-corrected chi connectivity index (χ3v) is 3.76. The Morgan fingerprint density at radius 2 is 1.96 bits per heavy atom. The standard InChI is InChI=1S/C23H26O3/c1-6-8-9-20(15-23(17(3)7-2)26-19(5)25)12-13-22-14-21(16-24)11-10-18(22)4/h8-11,14-16H,6-7H2,1-5H3/b9-8+,20-15+,23-17-. The van der Waals surface area contributed by atoms with Gasteiger partial charge in [0.15, 0.2) is 0 Å². The van der Waals surface area contributed by atoms with Gasteiger partial charge in [-0.1, -0.05) is 50.0 Å². The molecule has 0 saturated carbocycles. The minimum Gasteiger partial charge on any atom is -0.427 e. The number of esters is 1. The smallest absolute Gasteiger partial charge is 0.308 e. The predicted molar refractivity (Wildman–Crippen MR) is 106 cm³/mol.